The van der Waals surface area contributed by atoms with Crippen LogP contribution in [0.1, 0.15) is 76.1 Å². The maximum Gasteiger partial charge on any atom is 0.344 e. The summed E-state index contributed by atoms with van der Waals surface area (Å²) < 4.78 is 16.6. The molecule has 6 heteroatoms. The molecule has 1 heterocycles. The molecule has 0 N–H and O–H groups in total. The molecule has 0 radical (unpaired) electrons. The van der Waals surface area contributed by atoms with Crippen LogP contribution in [0.4, 0.5) is 0 Å². The molecule has 1 aromatic heterocycles. The highest BCUT2D eigenvalue weighted by molar-refractivity contribution is 5.90. The number of nitrogens with zero attached hydrogens (tertiary/aromatic N) is 2. The Kier molecular flexibility index (Phi) is 10.7. The van der Waals surface area contributed by atoms with E-state index in [2.05, 4.69) is 31.0 Å². The molecule has 2 aromatic rings. The average molecular weight is 415 g/mol. The molecular formula is C24H34N2O4. The van der Waals surface area contributed by atoms with Crippen LogP contribution in [-0.4, -0.2) is 29.4 Å². The van der Waals surface area contributed by atoms with Crippen LogP contribution in [0.5, 0.6) is 17.5 Å². The van der Waals surface area contributed by atoms with Crippen molar-refractivity contribution < 1.29 is 19.0 Å². The minimum absolute atomic E-state index is 0.138. The van der Waals surface area contributed by atoms with E-state index in [1.54, 1.807) is 36.4 Å². The fourth-order valence-electron chi connectivity index (χ4n) is 2.70. The highest BCUT2D eigenvalue weighted by Gasteiger charge is 2.11. The molecule has 0 spiro atoms. The summed E-state index contributed by atoms with van der Waals surface area (Å²) in [4.78, 5) is 12.3. The van der Waals surface area contributed by atoms with Crippen molar-refractivity contribution in [2.24, 2.45) is 5.92 Å². The summed E-state index contributed by atoms with van der Waals surface area (Å²) in [5.41, 5.74) is 0.431. The van der Waals surface area contributed by atoms with Crippen LogP contribution >= 0.6 is 0 Å². The molecule has 0 bridgehead atoms. The normalized spacial score (nSPS) is 11.7. The van der Waals surface area contributed by atoms with Gasteiger partial charge in [0.05, 0.1) is 18.8 Å². The number of hydrogen-bond acceptors (Lipinski definition) is 6. The Balaban J connectivity index is 1.73. The van der Waals surface area contributed by atoms with Crippen LogP contribution in [0.25, 0.3) is 0 Å². The lowest BCUT2D eigenvalue weighted by molar-refractivity contribution is 0.0725. The minimum atomic E-state index is -0.486. The zero-order chi connectivity index (χ0) is 21.6. The molecule has 0 amide bonds. The van der Waals surface area contributed by atoms with Crippen LogP contribution in [0.3, 0.4) is 0 Å². The highest BCUT2D eigenvalue weighted by atomic mass is 16.5. The van der Waals surface area contributed by atoms with Crippen molar-refractivity contribution in [2.45, 2.75) is 65.7 Å². The predicted octanol–water partition coefficient (Wildman–Crippen LogP) is 5.86. The Morgan fingerprint density at radius 3 is 2.20 bits per heavy atom. The van der Waals surface area contributed by atoms with Gasteiger partial charge in [0.15, 0.2) is 0 Å². The molecule has 1 aromatic carbocycles. The number of aromatic nitrogens is 2. The van der Waals surface area contributed by atoms with Gasteiger partial charge < -0.3 is 14.2 Å². The number of ether oxygens (including phenoxy) is 3. The van der Waals surface area contributed by atoms with Gasteiger partial charge in [0.1, 0.15) is 5.75 Å². The number of esters is 1. The predicted molar refractivity (Wildman–Crippen MR) is 117 cm³/mol. The van der Waals surface area contributed by atoms with E-state index in [-0.39, 0.29) is 5.88 Å². The van der Waals surface area contributed by atoms with Gasteiger partial charge in [-0.15, -0.1) is 10.2 Å². The number of rotatable bonds is 14. The number of benzene rings is 1. The van der Waals surface area contributed by atoms with Gasteiger partial charge in [-0.2, -0.15) is 0 Å². The van der Waals surface area contributed by atoms with Crippen molar-refractivity contribution in [3.63, 3.8) is 0 Å². The number of carbonyl (C=O) groups is 1. The van der Waals surface area contributed by atoms with Crippen LogP contribution in [0.15, 0.2) is 36.4 Å². The van der Waals surface area contributed by atoms with Gasteiger partial charge >= 0.3 is 5.97 Å². The molecule has 0 aliphatic rings. The Labute approximate surface area is 180 Å². The highest BCUT2D eigenvalue weighted by Crippen LogP contribution is 2.16. The fraction of sp³-hybridized carbons (Fsp3) is 0.542. The monoisotopic (exact) mass is 414 g/mol. The van der Waals surface area contributed by atoms with Gasteiger partial charge in [-0.05, 0) is 36.6 Å². The fourth-order valence-corrected chi connectivity index (χ4v) is 2.70. The van der Waals surface area contributed by atoms with Crippen molar-refractivity contribution in [3.05, 3.63) is 42.0 Å². The first-order valence-corrected chi connectivity index (χ1v) is 11.0. The molecular weight excluding hydrogens is 380 g/mol. The average Bonchev–Trinajstić information content (AvgIpc) is 2.78. The van der Waals surface area contributed by atoms with Crippen LogP contribution in [0, 0.1) is 5.92 Å². The van der Waals surface area contributed by atoms with Crippen LogP contribution in [-0.2, 0) is 0 Å². The van der Waals surface area contributed by atoms with Crippen molar-refractivity contribution in [2.75, 3.05) is 13.2 Å². The third-order valence-corrected chi connectivity index (χ3v) is 4.88. The van der Waals surface area contributed by atoms with Gasteiger partial charge in [-0.1, -0.05) is 59.3 Å². The molecule has 0 saturated carbocycles. The molecule has 0 unspecified atom stereocenters. The topological polar surface area (TPSA) is 70.5 Å². The number of unbranched alkanes of at least 4 members (excludes halogenated alkanes) is 5. The van der Waals surface area contributed by atoms with Gasteiger partial charge in [0, 0.05) is 12.1 Å². The summed E-state index contributed by atoms with van der Waals surface area (Å²) in [6.45, 7) is 7.70. The molecule has 164 valence electrons. The largest absolute Gasteiger partial charge is 0.494 e. The zero-order valence-electron chi connectivity index (χ0n) is 18.4. The van der Waals surface area contributed by atoms with Crippen molar-refractivity contribution >= 4 is 5.97 Å². The zero-order valence-corrected chi connectivity index (χ0v) is 18.4. The SMILES string of the molecule is CCCCCCCCOc1ccc(C(=O)Oc2ccc(OC[C@@H](C)CC)nn2)cc1. The molecule has 0 aliphatic carbocycles. The standard InChI is InChI=1S/C24H34N2O4/c1-4-6-7-8-9-10-17-28-21-13-11-20(12-14-21)24(27)30-23-16-15-22(25-26-23)29-18-19(3)5-2/h11-16,19H,4-10,17-18H2,1-3H3/t19-/m0/s1. The smallest absolute Gasteiger partial charge is 0.344 e. The van der Waals surface area contributed by atoms with E-state index in [1.807, 2.05) is 0 Å². The minimum Gasteiger partial charge on any atom is -0.494 e. The van der Waals surface area contributed by atoms with Crippen molar-refractivity contribution in [1.29, 1.82) is 0 Å². The molecule has 0 fully saturated rings. The maximum atomic E-state index is 12.3. The van der Waals surface area contributed by atoms with Crippen molar-refractivity contribution in [1.82, 2.24) is 10.2 Å². The number of hydrogen-bond donors (Lipinski definition) is 0. The summed E-state index contributed by atoms with van der Waals surface area (Å²) >= 11 is 0. The van der Waals surface area contributed by atoms with E-state index >= 15 is 0 Å². The van der Waals surface area contributed by atoms with Gasteiger partial charge in [-0.3, -0.25) is 0 Å². The lowest BCUT2D eigenvalue weighted by Gasteiger charge is -2.10. The molecule has 0 saturated heterocycles. The van der Waals surface area contributed by atoms with Crippen LogP contribution in [0.2, 0.25) is 0 Å². The van der Waals surface area contributed by atoms with Gasteiger partial charge in [0.2, 0.25) is 11.8 Å². The van der Waals surface area contributed by atoms with Crippen LogP contribution < -0.4 is 14.2 Å². The Bertz CT molecular complexity index is 732. The second kappa shape index (κ2) is 13.6. The quantitative estimate of drug-likeness (QED) is 0.285. The molecule has 0 aliphatic heterocycles. The summed E-state index contributed by atoms with van der Waals surface area (Å²) in [5.74, 6) is 1.27. The van der Waals surface area contributed by atoms with E-state index in [1.165, 1.54) is 32.1 Å². The molecule has 6 nitrogen and oxygen atoms in total. The first kappa shape index (κ1) is 23.6. The Morgan fingerprint density at radius 1 is 0.867 bits per heavy atom. The lowest BCUT2D eigenvalue weighted by Crippen LogP contribution is -2.11. The lowest BCUT2D eigenvalue weighted by atomic mass is 10.1. The number of carbonyl (C=O) groups excluding carboxylic acids is 1. The van der Waals surface area contributed by atoms with Gasteiger partial charge in [-0.25, -0.2) is 4.79 Å². The summed E-state index contributed by atoms with van der Waals surface area (Å²) in [6, 6.07) is 10.2. The Hall–Kier alpha value is -2.63. The first-order valence-electron chi connectivity index (χ1n) is 11.0. The summed E-state index contributed by atoms with van der Waals surface area (Å²) in [6.07, 6.45) is 8.39. The van der Waals surface area contributed by atoms with Gasteiger partial charge in [0.25, 0.3) is 0 Å². The van der Waals surface area contributed by atoms with Crippen molar-refractivity contribution in [3.8, 4) is 17.5 Å². The maximum absolute atomic E-state index is 12.3. The van der Waals surface area contributed by atoms with E-state index in [4.69, 9.17) is 14.2 Å². The molecule has 30 heavy (non-hydrogen) atoms. The molecule has 2 rings (SSSR count). The second-order valence-electron chi connectivity index (χ2n) is 7.56. The summed E-state index contributed by atoms with van der Waals surface area (Å²) in [5, 5.41) is 7.84. The molecule has 1 atom stereocenters. The second-order valence-corrected chi connectivity index (χ2v) is 7.56. The third kappa shape index (κ3) is 8.80. The third-order valence-electron chi connectivity index (χ3n) is 4.88. The first-order chi connectivity index (χ1) is 14.6. The van der Waals surface area contributed by atoms with E-state index in [9.17, 15) is 4.79 Å². The summed E-state index contributed by atoms with van der Waals surface area (Å²) in [7, 11) is 0. The van der Waals surface area contributed by atoms with E-state index in [0.29, 0.717) is 30.6 Å². The van der Waals surface area contributed by atoms with E-state index < -0.39 is 5.97 Å². The van der Waals surface area contributed by atoms with E-state index in [0.717, 1.165) is 18.6 Å². The Morgan fingerprint density at radius 2 is 1.53 bits per heavy atom.